The summed E-state index contributed by atoms with van der Waals surface area (Å²) in [5, 5.41) is 0. The molecule has 0 aliphatic carbocycles. The molecule has 2 saturated heterocycles. The fourth-order valence-electron chi connectivity index (χ4n) is 2.97. The third kappa shape index (κ3) is 3.98. The van der Waals surface area contributed by atoms with Gasteiger partial charge in [-0.3, -0.25) is 4.90 Å². The average molecular weight is 370 g/mol. The lowest BCUT2D eigenvalue weighted by Crippen LogP contribution is -2.42. The Labute approximate surface area is 150 Å². The summed E-state index contributed by atoms with van der Waals surface area (Å²) in [6.45, 7) is 9.31. The monoisotopic (exact) mass is 370 g/mol. The highest BCUT2D eigenvalue weighted by Crippen LogP contribution is 2.36. The zero-order chi connectivity index (χ0) is 18.5. The zero-order valence-electron chi connectivity index (χ0n) is 15.3. The lowest BCUT2D eigenvalue weighted by Gasteiger charge is -2.32. The summed E-state index contributed by atoms with van der Waals surface area (Å²) >= 11 is 0. The predicted octanol–water partition coefficient (Wildman–Crippen LogP) is 1.91. The lowest BCUT2D eigenvalue weighted by molar-refractivity contribution is 0.00578. The molecule has 8 heteroatoms. The molecule has 0 atom stereocenters. The van der Waals surface area contributed by atoms with Crippen LogP contribution in [-0.2, 0) is 30.3 Å². The van der Waals surface area contributed by atoms with Gasteiger partial charge in [0.25, 0.3) is 0 Å². The van der Waals surface area contributed by atoms with Gasteiger partial charge in [-0.25, -0.2) is 4.39 Å². The van der Waals surface area contributed by atoms with Crippen molar-refractivity contribution in [3.63, 3.8) is 0 Å². The SMILES string of the molecule is CC1(C)OB(c2ccc(CN3CC[S+](=O)(O)CC3)c(F)c2)OC1(C)C. The van der Waals surface area contributed by atoms with E-state index < -0.39 is 28.5 Å². The van der Waals surface area contributed by atoms with E-state index >= 15 is 0 Å². The fraction of sp³-hybridized carbons (Fsp3) is 0.647. The molecule has 0 bridgehead atoms. The standard InChI is InChI=1S/C17H25BFNO4S/c1-16(2)17(3,4)24-18(23-16)14-6-5-13(15(19)11-14)12-20-7-9-25(21,22)10-8-20/h5-6,11H,7-10,12H2,1-4H3/p+1. The van der Waals surface area contributed by atoms with E-state index in [9.17, 15) is 13.2 Å². The molecular weight excluding hydrogens is 344 g/mol. The maximum atomic E-state index is 14.6. The van der Waals surface area contributed by atoms with Crippen LogP contribution in [0.4, 0.5) is 4.39 Å². The van der Waals surface area contributed by atoms with Crippen LogP contribution in [0.3, 0.4) is 0 Å². The van der Waals surface area contributed by atoms with Crippen LogP contribution in [0.25, 0.3) is 0 Å². The molecule has 2 aliphatic heterocycles. The second kappa shape index (κ2) is 6.42. The van der Waals surface area contributed by atoms with Gasteiger partial charge in [0.1, 0.15) is 5.82 Å². The van der Waals surface area contributed by atoms with Gasteiger partial charge in [0.05, 0.1) is 11.2 Å². The van der Waals surface area contributed by atoms with Gasteiger partial charge in [-0.15, -0.1) is 0 Å². The number of halogens is 1. The Morgan fingerprint density at radius 2 is 1.76 bits per heavy atom. The van der Waals surface area contributed by atoms with Crippen LogP contribution in [0, 0.1) is 5.82 Å². The van der Waals surface area contributed by atoms with Crippen molar-refractivity contribution in [1.29, 1.82) is 0 Å². The largest absolute Gasteiger partial charge is 0.494 e. The van der Waals surface area contributed by atoms with Crippen LogP contribution in [0.1, 0.15) is 33.3 Å². The first-order valence-corrected chi connectivity index (χ1v) is 10.4. The summed E-state index contributed by atoms with van der Waals surface area (Å²) in [4.78, 5) is 2.01. The molecule has 5 nitrogen and oxygen atoms in total. The summed E-state index contributed by atoms with van der Waals surface area (Å²) in [6, 6.07) is 5.05. The highest BCUT2D eigenvalue weighted by molar-refractivity contribution is 7.97. The van der Waals surface area contributed by atoms with E-state index in [1.54, 1.807) is 6.07 Å². The van der Waals surface area contributed by atoms with E-state index in [4.69, 9.17) is 9.31 Å². The normalized spacial score (nSPS) is 25.3. The minimum atomic E-state index is -2.68. The van der Waals surface area contributed by atoms with Gasteiger partial charge in [0.15, 0.2) is 11.5 Å². The number of rotatable bonds is 3. The third-order valence-corrected chi connectivity index (χ3v) is 7.09. The molecule has 1 aromatic carbocycles. The van der Waals surface area contributed by atoms with Crippen molar-refractivity contribution in [2.45, 2.75) is 45.4 Å². The summed E-state index contributed by atoms with van der Waals surface area (Å²) in [6.07, 6.45) is 0. The van der Waals surface area contributed by atoms with Crippen LogP contribution in [0.15, 0.2) is 18.2 Å². The first-order chi connectivity index (χ1) is 11.5. The highest BCUT2D eigenvalue weighted by atomic mass is 32.3. The number of benzene rings is 1. The first-order valence-electron chi connectivity index (χ1n) is 8.57. The Balaban J connectivity index is 1.69. The van der Waals surface area contributed by atoms with Crippen LogP contribution in [-0.4, -0.2) is 52.4 Å². The van der Waals surface area contributed by atoms with Crippen molar-refractivity contribution in [1.82, 2.24) is 4.90 Å². The Bertz CT molecular complexity index is 684. The molecule has 25 heavy (non-hydrogen) atoms. The molecule has 2 fully saturated rings. The summed E-state index contributed by atoms with van der Waals surface area (Å²) in [7, 11) is -3.26. The Morgan fingerprint density at radius 3 is 2.28 bits per heavy atom. The molecule has 1 N–H and O–H groups in total. The van der Waals surface area contributed by atoms with E-state index in [2.05, 4.69) is 0 Å². The molecule has 0 saturated carbocycles. The number of hydrogen-bond acceptors (Lipinski definition) is 4. The molecule has 0 spiro atoms. The van der Waals surface area contributed by atoms with Crippen molar-refractivity contribution >= 4 is 22.8 Å². The van der Waals surface area contributed by atoms with Crippen molar-refractivity contribution in [3.05, 3.63) is 29.6 Å². The average Bonchev–Trinajstić information content (AvgIpc) is 2.71. The number of nitrogens with zero attached hydrogens (tertiary/aromatic N) is 1. The predicted molar refractivity (Wildman–Crippen MR) is 97.8 cm³/mol. The maximum absolute atomic E-state index is 14.6. The van der Waals surface area contributed by atoms with Crippen LogP contribution >= 0.6 is 0 Å². The minimum Gasteiger partial charge on any atom is -0.399 e. The van der Waals surface area contributed by atoms with Gasteiger partial charge >= 0.3 is 7.12 Å². The molecule has 2 heterocycles. The van der Waals surface area contributed by atoms with Gasteiger partial charge in [-0.05, 0) is 39.2 Å². The van der Waals surface area contributed by atoms with E-state index in [0.717, 1.165) is 0 Å². The topological polar surface area (TPSA) is 59.0 Å². The van der Waals surface area contributed by atoms with E-state index in [-0.39, 0.29) is 17.3 Å². The van der Waals surface area contributed by atoms with Crippen molar-refractivity contribution in [3.8, 4) is 0 Å². The Hall–Kier alpha value is -0.795. The van der Waals surface area contributed by atoms with E-state index in [0.29, 0.717) is 30.7 Å². The molecule has 1 aromatic rings. The first kappa shape index (κ1) is 19.0. The Morgan fingerprint density at radius 1 is 1.20 bits per heavy atom. The van der Waals surface area contributed by atoms with Crippen LogP contribution in [0.2, 0.25) is 0 Å². The van der Waals surface area contributed by atoms with E-state index in [1.165, 1.54) is 6.07 Å². The third-order valence-electron chi connectivity index (χ3n) is 5.45. The molecule has 3 rings (SSSR count). The summed E-state index contributed by atoms with van der Waals surface area (Å²) in [5.74, 6) is 0.198. The van der Waals surface area contributed by atoms with Crippen molar-refractivity contribution in [2.75, 3.05) is 24.6 Å². The summed E-state index contributed by atoms with van der Waals surface area (Å²) in [5.41, 5.74) is 0.319. The van der Waals surface area contributed by atoms with Crippen LogP contribution in [0.5, 0.6) is 0 Å². The molecule has 138 valence electrons. The molecule has 0 amide bonds. The molecule has 0 aromatic heterocycles. The number of hydrogen-bond donors (Lipinski definition) is 1. The van der Waals surface area contributed by atoms with Gasteiger partial charge in [0.2, 0.25) is 10.2 Å². The maximum Gasteiger partial charge on any atom is 0.494 e. The molecule has 0 unspecified atom stereocenters. The van der Waals surface area contributed by atoms with Crippen molar-refractivity contribution < 1.29 is 22.5 Å². The van der Waals surface area contributed by atoms with Gasteiger partial charge in [0, 0.05) is 25.2 Å². The quantitative estimate of drug-likeness (QED) is 0.651. The minimum absolute atomic E-state index is 0.251. The fourth-order valence-corrected chi connectivity index (χ4v) is 4.27. The van der Waals surface area contributed by atoms with Gasteiger partial charge in [-0.1, -0.05) is 16.3 Å². The smallest absolute Gasteiger partial charge is 0.399 e. The van der Waals surface area contributed by atoms with Crippen molar-refractivity contribution in [2.24, 2.45) is 0 Å². The molecular formula is C17H26BFNO4S+. The lowest BCUT2D eigenvalue weighted by atomic mass is 9.78. The van der Waals surface area contributed by atoms with Crippen LogP contribution < -0.4 is 5.46 Å². The molecule has 2 aliphatic rings. The zero-order valence-corrected chi connectivity index (χ0v) is 16.1. The second-order valence-electron chi connectivity index (χ2n) is 7.90. The molecule has 0 radical (unpaired) electrons. The van der Waals surface area contributed by atoms with E-state index in [1.807, 2.05) is 38.7 Å². The second-order valence-corrected chi connectivity index (χ2v) is 10.3. The summed E-state index contributed by atoms with van der Waals surface area (Å²) < 4.78 is 47.6. The highest BCUT2D eigenvalue weighted by Gasteiger charge is 2.51. The Kier molecular flexibility index (Phi) is 4.88. The van der Waals surface area contributed by atoms with Gasteiger partial charge in [-0.2, -0.15) is 4.55 Å². The van der Waals surface area contributed by atoms with Gasteiger partial charge < -0.3 is 9.31 Å².